The van der Waals surface area contributed by atoms with Crippen molar-refractivity contribution in [1.82, 2.24) is 25.0 Å². The summed E-state index contributed by atoms with van der Waals surface area (Å²) in [7, 11) is 0. The summed E-state index contributed by atoms with van der Waals surface area (Å²) in [4.78, 5) is 31.1. The van der Waals surface area contributed by atoms with Gasteiger partial charge in [0.15, 0.2) is 0 Å². The molecule has 3 aromatic rings. The van der Waals surface area contributed by atoms with Gasteiger partial charge in [-0.3, -0.25) is 9.78 Å². The minimum atomic E-state index is -0.489. The van der Waals surface area contributed by atoms with E-state index in [9.17, 15) is 9.59 Å². The zero-order valence-corrected chi connectivity index (χ0v) is 22.5. The molecule has 9 heteroatoms. The minimum Gasteiger partial charge on any atom is -0.444 e. The SMILES string of the molecule is Cc1ccc(C(=O)NC2CC2)cc1-c1cnn(-c2cncc(NC3CCN(C(=O)OC(C)(C)C)CC3)c2)c1. The van der Waals surface area contributed by atoms with Gasteiger partial charge in [0.25, 0.3) is 5.91 Å². The largest absolute Gasteiger partial charge is 0.444 e. The molecule has 2 aliphatic rings. The van der Waals surface area contributed by atoms with Crippen LogP contribution in [0.2, 0.25) is 0 Å². The number of piperidine rings is 1. The number of rotatable bonds is 6. The van der Waals surface area contributed by atoms with Crippen LogP contribution in [0.4, 0.5) is 10.5 Å². The highest BCUT2D eigenvalue weighted by atomic mass is 16.6. The molecular weight excluding hydrogens is 480 g/mol. The van der Waals surface area contributed by atoms with Crippen molar-refractivity contribution in [3.8, 4) is 16.8 Å². The smallest absolute Gasteiger partial charge is 0.410 e. The lowest BCUT2D eigenvalue weighted by atomic mass is 10.0. The Morgan fingerprint density at radius 2 is 1.76 bits per heavy atom. The van der Waals surface area contributed by atoms with Crippen LogP contribution in [0.15, 0.2) is 49.1 Å². The number of anilines is 1. The van der Waals surface area contributed by atoms with E-state index < -0.39 is 5.60 Å². The summed E-state index contributed by atoms with van der Waals surface area (Å²) < 4.78 is 7.30. The maximum absolute atomic E-state index is 12.6. The number of ether oxygens (including phenoxy) is 1. The van der Waals surface area contributed by atoms with Gasteiger partial charge in [-0.05, 0) is 82.7 Å². The number of hydrogen-bond donors (Lipinski definition) is 2. The fraction of sp³-hybridized carbons (Fsp3) is 0.448. The summed E-state index contributed by atoms with van der Waals surface area (Å²) in [6.45, 7) is 8.99. The lowest BCUT2D eigenvalue weighted by Gasteiger charge is -2.34. The Morgan fingerprint density at radius 3 is 2.47 bits per heavy atom. The second kappa shape index (κ2) is 10.5. The highest BCUT2D eigenvalue weighted by molar-refractivity contribution is 5.96. The van der Waals surface area contributed by atoms with Crippen molar-refractivity contribution in [2.24, 2.45) is 0 Å². The van der Waals surface area contributed by atoms with Crippen molar-refractivity contribution < 1.29 is 14.3 Å². The Balaban J connectivity index is 1.23. The summed E-state index contributed by atoms with van der Waals surface area (Å²) in [6, 6.07) is 8.38. The molecule has 0 spiro atoms. The van der Waals surface area contributed by atoms with E-state index in [-0.39, 0.29) is 18.0 Å². The quantitative estimate of drug-likeness (QED) is 0.481. The highest BCUT2D eigenvalue weighted by Crippen LogP contribution is 2.27. The van der Waals surface area contributed by atoms with Crippen LogP contribution >= 0.6 is 0 Å². The van der Waals surface area contributed by atoms with Gasteiger partial charge in [-0.15, -0.1) is 0 Å². The van der Waals surface area contributed by atoms with Gasteiger partial charge >= 0.3 is 6.09 Å². The average molecular weight is 517 g/mol. The Hall–Kier alpha value is -3.88. The number of aryl methyl sites for hydroxylation is 1. The van der Waals surface area contributed by atoms with Gasteiger partial charge in [-0.25, -0.2) is 9.48 Å². The number of likely N-dealkylation sites (tertiary alicyclic amines) is 1. The molecule has 1 saturated heterocycles. The molecule has 9 nitrogen and oxygen atoms in total. The lowest BCUT2D eigenvalue weighted by Crippen LogP contribution is -2.44. The topological polar surface area (TPSA) is 101 Å². The number of pyridine rings is 1. The van der Waals surface area contributed by atoms with Crippen LogP contribution in [0.1, 0.15) is 62.4 Å². The summed E-state index contributed by atoms with van der Waals surface area (Å²) >= 11 is 0. The third-order valence-electron chi connectivity index (χ3n) is 6.81. The molecule has 0 atom stereocenters. The monoisotopic (exact) mass is 516 g/mol. The van der Waals surface area contributed by atoms with Crippen LogP contribution in [0, 0.1) is 6.92 Å². The van der Waals surface area contributed by atoms with E-state index in [1.807, 2.05) is 64.4 Å². The van der Waals surface area contributed by atoms with Crippen molar-refractivity contribution >= 4 is 17.7 Å². The standard InChI is InChI=1S/C29H36N6O3/c1-19-5-6-20(27(36)33-22-7-8-22)13-26(19)21-15-31-35(18-21)25-14-24(16-30-17-25)32-23-9-11-34(12-10-23)28(37)38-29(2,3)4/h5-6,13-18,22-23,32H,7-12H2,1-4H3,(H,33,36). The summed E-state index contributed by atoms with van der Waals surface area (Å²) in [5, 5.41) is 11.2. The number of hydrogen-bond acceptors (Lipinski definition) is 6. The number of nitrogens with one attached hydrogen (secondary N) is 2. The first-order valence-corrected chi connectivity index (χ1v) is 13.3. The normalized spacial score (nSPS) is 16.3. The van der Waals surface area contributed by atoms with Crippen LogP contribution < -0.4 is 10.6 Å². The van der Waals surface area contributed by atoms with E-state index >= 15 is 0 Å². The van der Waals surface area contributed by atoms with Crippen LogP contribution in [-0.4, -0.2) is 62.4 Å². The van der Waals surface area contributed by atoms with Gasteiger partial charge < -0.3 is 20.3 Å². The van der Waals surface area contributed by atoms with Crippen LogP contribution in [0.3, 0.4) is 0 Å². The average Bonchev–Trinajstić information content (AvgIpc) is 3.55. The molecule has 0 unspecified atom stereocenters. The number of aromatic nitrogens is 3. The number of benzene rings is 1. The number of carbonyl (C=O) groups excluding carboxylic acids is 2. The fourth-order valence-corrected chi connectivity index (χ4v) is 4.57. The molecule has 0 radical (unpaired) electrons. The first-order chi connectivity index (χ1) is 18.1. The Morgan fingerprint density at radius 1 is 1.00 bits per heavy atom. The third-order valence-corrected chi connectivity index (χ3v) is 6.81. The number of amides is 2. The molecule has 1 aliphatic heterocycles. The van der Waals surface area contributed by atoms with E-state index in [1.54, 1.807) is 22.0 Å². The Kier molecular flexibility index (Phi) is 7.10. The number of nitrogens with zero attached hydrogens (tertiary/aromatic N) is 4. The van der Waals surface area contributed by atoms with E-state index in [0.717, 1.165) is 53.7 Å². The van der Waals surface area contributed by atoms with Crippen molar-refractivity contribution in [3.63, 3.8) is 0 Å². The van der Waals surface area contributed by atoms with Gasteiger partial charge in [0.1, 0.15) is 5.60 Å². The first-order valence-electron chi connectivity index (χ1n) is 13.3. The maximum atomic E-state index is 12.6. The summed E-state index contributed by atoms with van der Waals surface area (Å²) in [6.07, 6.45) is 10.9. The molecule has 3 heterocycles. The zero-order chi connectivity index (χ0) is 26.9. The van der Waals surface area contributed by atoms with Gasteiger partial charge in [0.2, 0.25) is 0 Å². The Labute approximate surface area is 223 Å². The molecule has 200 valence electrons. The van der Waals surface area contributed by atoms with Crippen LogP contribution in [-0.2, 0) is 4.74 Å². The number of carbonyl (C=O) groups is 2. The van der Waals surface area contributed by atoms with E-state index in [0.29, 0.717) is 24.7 Å². The van der Waals surface area contributed by atoms with Crippen molar-refractivity contribution in [3.05, 3.63) is 60.2 Å². The summed E-state index contributed by atoms with van der Waals surface area (Å²) in [5.74, 6) is -0.0268. The zero-order valence-electron chi connectivity index (χ0n) is 22.5. The van der Waals surface area contributed by atoms with E-state index in [1.165, 1.54) is 0 Å². The second-order valence-electron chi connectivity index (χ2n) is 11.3. The van der Waals surface area contributed by atoms with Gasteiger partial charge in [-0.2, -0.15) is 5.10 Å². The minimum absolute atomic E-state index is 0.0268. The highest BCUT2D eigenvalue weighted by Gasteiger charge is 2.27. The molecule has 5 rings (SSSR count). The predicted octanol–water partition coefficient (Wildman–Crippen LogP) is 4.95. The Bertz CT molecular complexity index is 1320. The molecule has 38 heavy (non-hydrogen) atoms. The molecule has 1 aliphatic carbocycles. The van der Waals surface area contributed by atoms with Crippen molar-refractivity contribution in [2.75, 3.05) is 18.4 Å². The fourth-order valence-electron chi connectivity index (χ4n) is 4.57. The van der Waals surface area contributed by atoms with E-state index in [4.69, 9.17) is 4.74 Å². The maximum Gasteiger partial charge on any atom is 0.410 e. The molecule has 2 aromatic heterocycles. The van der Waals surface area contributed by atoms with Gasteiger partial charge in [0.05, 0.1) is 30.0 Å². The second-order valence-corrected chi connectivity index (χ2v) is 11.3. The molecule has 1 saturated carbocycles. The first kappa shape index (κ1) is 25.8. The van der Waals surface area contributed by atoms with Crippen molar-refractivity contribution in [1.29, 1.82) is 0 Å². The molecule has 0 bridgehead atoms. The summed E-state index contributed by atoms with van der Waals surface area (Å²) in [5.41, 5.74) is 4.93. The molecule has 2 N–H and O–H groups in total. The van der Waals surface area contributed by atoms with E-state index in [2.05, 4.69) is 20.7 Å². The molecule has 1 aromatic carbocycles. The van der Waals surface area contributed by atoms with Gasteiger partial charge in [0, 0.05) is 42.5 Å². The lowest BCUT2D eigenvalue weighted by molar-refractivity contribution is 0.0210. The van der Waals surface area contributed by atoms with Crippen molar-refractivity contribution in [2.45, 2.75) is 71.1 Å². The third kappa shape index (κ3) is 6.33. The van der Waals surface area contributed by atoms with Gasteiger partial charge in [-0.1, -0.05) is 6.07 Å². The molecule has 2 fully saturated rings. The van der Waals surface area contributed by atoms with Crippen LogP contribution in [0.25, 0.3) is 16.8 Å². The molecular formula is C29H36N6O3. The van der Waals surface area contributed by atoms with Crippen LogP contribution in [0.5, 0.6) is 0 Å². The molecule has 2 amide bonds. The predicted molar refractivity (Wildman–Crippen MR) is 146 cm³/mol.